The Labute approximate surface area is 96.3 Å². The summed E-state index contributed by atoms with van der Waals surface area (Å²) in [5.41, 5.74) is 0.586. The van der Waals surface area contributed by atoms with Crippen molar-refractivity contribution in [3.63, 3.8) is 0 Å². The van der Waals surface area contributed by atoms with Crippen molar-refractivity contribution in [2.45, 2.75) is 13.3 Å². The zero-order valence-corrected chi connectivity index (χ0v) is 9.54. The van der Waals surface area contributed by atoms with Crippen LogP contribution in [0.15, 0.2) is 6.26 Å². The van der Waals surface area contributed by atoms with Crippen LogP contribution in [-0.2, 0) is 15.9 Å². The first-order valence-corrected chi connectivity index (χ1v) is 5.72. The van der Waals surface area contributed by atoms with Gasteiger partial charge in [-0.05, 0) is 6.42 Å². The van der Waals surface area contributed by atoms with Gasteiger partial charge in [0.15, 0.2) is 10.8 Å². The van der Waals surface area contributed by atoms with E-state index in [1.807, 2.05) is 6.92 Å². The van der Waals surface area contributed by atoms with Gasteiger partial charge < -0.3 is 14.6 Å². The second kappa shape index (κ2) is 4.52. The van der Waals surface area contributed by atoms with Gasteiger partial charge in [0.1, 0.15) is 24.4 Å². The number of ether oxygens (including phenoxy) is 2. The van der Waals surface area contributed by atoms with E-state index in [1.165, 1.54) is 6.26 Å². The summed E-state index contributed by atoms with van der Waals surface area (Å²) in [6.07, 6.45) is 2.07. The highest BCUT2D eigenvalue weighted by molar-refractivity contribution is 7.14. The monoisotopic (exact) mass is 241 g/mol. The number of rotatable bonds is 3. The van der Waals surface area contributed by atoms with Crippen LogP contribution >= 0.6 is 11.3 Å². The molecule has 2 rings (SSSR count). The molecule has 0 atom stereocenters. The Balaban J connectivity index is 2.35. The number of hydrogen-bond acceptors (Lipinski definition) is 5. The summed E-state index contributed by atoms with van der Waals surface area (Å²) < 4.78 is 10.5. The maximum Gasteiger partial charge on any atom is 0.347 e. The molecule has 0 fully saturated rings. The van der Waals surface area contributed by atoms with Crippen LogP contribution in [0.5, 0.6) is 0 Å². The highest BCUT2D eigenvalue weighted by Gasteiger charge is 2.20. The van der Waals surface area contributed by atoms with E-state index in [9.17, 15) is 4.79 Å². The van der Waals surface area contributed by atoms with Crippen LogP contribution < -0.4 is 0 Å². The first kappa shape index (κ1) is 10.9. The van der Waals surface area contributed by atoms with Crippen molar-refractivity contribution in [1.29, 1.82) is 0 Å². The van der Waals surface area contributed by atoms with Gasteiger partial charge in [-0.25, -0.2) is 9.78 Å². The standard InChI is InChI=1S/C10H11NO4S/c1-2-6-8(10(12)13)16-9(11-6)7-5-14-3-4-15-7/h5H,2-4H2,1H3,(H,12,13). The molecule has 86 valence electrons. The third kappa shape index (κ3) is 2.01. The SMILES string of the molecule is CCc1nc(C2=COCCO2)sc1C(=O)O. The number of nitrogens with zero attached hydrogens (tertiary/aromatic N) is 1. The van der Waals surface area contributed by atoms with Gasteiger partial charge in [-0.15, -0.1) is 11.3 Å². The molecule has 0 bridgehead atoms. The van der Waals surface area contributed by atoms with Crippen LogP contribution in [0.3, 0.4) is 0 Å². The average molecular weight is 241 g/mol. The van der Waals surface area contributed by atoms with Crippen molar-refractivity contribution in [2.24, 2.45) is 0 Å². The molecule has 1 aliphatic heterocycles. The van der Waals surface area contributed by atoms with Gasteiger partial charge in [-0.3, -0.25) is 0 Å². The summed E-state index contributed by atoms with van der Waals surface area (Å²) in [7, 11) is 0. The quantitative estimate of drug-likeness (QED) is 0.873. The lowest BCUT2D eigenvalue weighted by Crippen LogP contribution is -2.07. The van der Waals surface area contributed by atoms with Crippen molar-refractivity contribution in [3.8, 4) is 0 Å². The summed E-state index contributed by atoms with van der Waals surface area (Å²) in [4.78, 5) is 15.5. The minimum absolute atomic E-state index is 0.271. The van der Waals surface area contributed by atoms with Crippen molar-refractivity contribution in [1.82, 2.24) is 4.98 Å². The molecule has 0 radical (unpaired) electrons. The Morgan fingerprint density at radius 1 is 1.62 bits per heavy atom. The number of aromatic nitrogens is 1. The van der Waals surface area contributed by atoms with E-state index in [2.05, 4.69) is 4.98 Å². The Hall–Kier alpha value is -1.56. The molecule has 1 aromatic rings. The summed E-state index contributed by atoms with van der Waals surface area (Å²) in [5.74, 6) is -0.434. The van der Waals surface area contributed by atoms with E-state index < -0.39 is 5.97 Å². The molecular formula is C10H11NO4S. The van der Waals surface area contributed by atoms with Gasteiger partial charge >= 0.3 is 5.97 Å². The Morgan fingerprint density at radius 2 is 2.44 bits per heavy atom. The predicted octanol–water partition coefficient (Wildman–Crippen LogP) is 1.75. The van der Waals surface area contributed by atoms with Crippen LogP contribution in [0.1, 0.15) is 27.3 Å². The first-order chi connectivity index (χ1) is 7.72. The van der Waals surface area contributed by atoms with E-state index in [4.69, 9.17) is 14.6 Å². The highest BCUT2D eigenvalue weighted by atomic mass is 32.1. The van der Waals surface area contributed by atoms with Gasteiger partial charge in [-0.1, -0.05) is 6.92 Å². The third-order valence-corrected chi connectivity index (χ3v) is 3.19. The smallest absolute Gasteiger partial charge is 0.347 e. The lowest BCUT2D eigenvalue weighted by Gasteiger charge is -2.13. The second-order valence-corrected chi connectivity index (χ2v) is 4.15. The zero-order valence-electron chi connectivity index (χ0n) is 8.73. The summed E-state index contributed by atoms with van der Waals surface area (Å²) in [6, 6.07) is 0. The largest absolute Gasteiger partial charge is 0.494 e. The molecule has 1 aromatic heterocycles. The fraction of sp³-hybridized carbons (Fsp3) is 0.400. The highest BCUT2D eigenvalue weighted by Crippen LogP contribution is 2.27. The molecule has 0 aromatic carbocycles. The lowest BCUT2D eigenvalue weighted by atomic mass is 10.3. The molecule has 2 heterocycles. The van der Waals surface area contributed by atoms with Gasteiger partial charge in [0.25, 0.3) is 0 Å². The van der Waals surface area contributed by atoms with Crippen LogP contribution in [0.4, 0.5) is 0 Å². The van der Waals surface area contributed by atoms with Gasteiger partial charge in [0.2, 0.25) is 0 Å². The first-order valence-electron chi connectivity index (χ1n) is 4.90. The number of carboxylic acid groups (broad SMARTS) is 1. The van der Waals surface area contributed by atoms with E-state index in [-0.39, 0.29) is 4.88 Å². The van der Waals surface area contributed by atoms with Crippen molar-refractivity contribution in [3.05, 3.63) is 21.8 Å². The van der Waals surface area contributed by atoms with Gasteiger partial charge in [-0.2, -0.15) is 0 Å². The lowest BCUT2D eigenvalue weighted by molar-refractivity contribution is 0.0701. The molecular weight excluding hydrogens is 230 g/mol. The molecule has 16 heavy (non-hydrogen) atoms. The van der Waals surface area contributed by atoms with E-state index in [0.29, 0.717) is 36.1 Å². The van der Waals surface area contributed by atoms with E-state index >= 15 is 0 Å². The van der Waals surface area contributed by atoms with Gasteiger partial charge in [0, 0.05) is 0 Å². The maximum absolute atomic E-state index is 11.0. The molecule has 0 unspecified atom stereocenters. The van der Waals surface area contributed by atoms with Crippen molar-refractivity contribution >= 4 is 23.1 Å². The Kier molecular flexibility index (Phi) is 3.09. The number of aromatic carboxylic acids is 1. The minimum Gasteiger partial charge on any atom is -0.494 e. The topological polar surface area (TPSA) is 68.7 Å². The van der Waals surface area contributed by atoms with Crippen molar-refractivity contribution < 1.29 is 19.4 Å². The van der Waals surface area contributed by atoms with Gasteiger partial charge in [0.05, 0.1) is 5.69 Å². The molecule has 1 N–H and O–H groups in total. The predicted molar refractivity (Wildman–Crippen MR) is 58.3 cm³/mol. The number of thiazole rings is 1. The molecule has 0 amide bonds. The fourth-order valence-electron chi connectivity index (χ4n) is 1.34. The molecule has 6 heteroatoms. The average Bonchev–Trinajstić information content (AvgIpc) is 2.74. The number of hydrogen-bond donors (Lipinski definition) is 1. The molecule has 0 aliphatic carbocycles. The van der Waals surface area contributed by atoms with Crippen LogP contribution in [-0.4, -0.2) is 29.3 Å². The molecule has 0 spiro atoms. The Morgan fingerprint density at radius 3 is 2.94 bits per heavy atom. The molecule has 0 saturated carbocycles. The molecule has 0 saturated heterocycles. The molecule has 1 aliphatic rings. The second-order valence-electron chi connectivity index (χ2n) is 3.15. The summed E-state index contributed by atoms with van der Waals surface area (Å²) in [6.45, 7) is 2.86. The van der Waals surface area contributed by atoms with Crippen LogP contribution in [0.25, 0.3) is 5.76 Å². The number of aryl methyl sites for hydroxylation is 1. The fourth-order valence-corrected chi connectivity index (χ4v) is 2.30. The molecule has 5 nitrogen and oxygen atoms in total. The van der Waals surface area contributed by atoms with Crippen molar-refractivity contribution in [2.75, 3.05) is 13.2 Å². The summed E-state index contributed by atoms with van der Waals surface area (Å²) >= 11 is 1.11. The number of carbonyl (C=O) groups is 1. The Bertz CT molecular complexity index is 438. The normalized spacial score (nSPS) is 14.9. The maximum atomic E-state index is 11.0. The minimum atomic E-state index is -0.946. The van der Waals surface area contributed by atoms with E-state index in [0.717, 1.165) is 11.3 Å². The van der Waals surface area contributed by atoms with Crippen LogP contribution in [0.2, 0.25) is 0 Å². The van der Waals surface area contributed by atoms with Crippen LogP contribution in [0, 0.1) is 0 Å². The third-order valence-electron chi connectivity index (χ3n) is 2.09. The number of carboxylic acids is 1. The summed E-state index contributed by atoms with van der Waals surface area (Å²) in [5, 5.41) is 9.55. The zero-order chi connectivity index (χ0) is 11.5. The van der Waals surface area contributed by atoms with E-state index in [1.54, 1.807) is 0 Å².